The number of likely N-dealkylation sites (tertiary alicyclic amines) is 1. The lowest BCUT2D eigenvalue weighted by atomic mass is 9.83. The summed E-state index contributed by atoms with van der Waals surface area (Å²) in [6.07, 6.45) is 8.78. The molecule has 0 spiro atoms. The molecule has 5 rings (SSSR count). The van der Waals surface area contributed by atoms with E-state index in [4.69, 9.17) is 0 Å². The summed E-state index contributed by atoms with van der Waals surface area (Å²) in [4.78, 5) is 41.4. The maximum Gasteiger partial charge on any atom is 0.246 e. The van der Waals surface area contributed by atoms with Crippen LogP contribution in [0.5, 0.6) is 0 Å². The standard InChI is InChI=1S/C28H36N6O2/c1-18(29-2)27(35)33-25(20-12-7-4-8-13-20)28(36)34-15-9-14-23(34)21-16-22-26(32-21)24(31-17-30-22)19-10-5-3-6-11-19/h3,5-6,10-11,16-18,20,23,25,29,32H,4,7-9,12-15H2,1-2H3,(H,33,35). The number of benzene rings is 1. The number of hydrogen-bond acceptors (Lipinski definition) is 5. The molecule has 1 saturated carbocycles. The molecule has 1 aromatic carbocycles. The maximum absolute atomic E-state index is 14.0. The Morgan fingerprint density at radius 2 is 1.83 bits per heavy atom. The van der Waals surface area contributed by atoms with Gasteiger partial charge in [-0.1, -0.05) is 49.6 Å². The number of fused-ring (bicyclic) bond motifs is 1. The lowest BCUT2D eigenvalue weighted by Gasteiger charge is -2.35. The van der Waals surface area contributed by atoms with Crippen LogP contribution in [0.25, 0.3) is 22.3 Å². The van der Waals surface area contributed by atoms with Gasteiger partial charge in [0.1, 0.15) is 12.4 Å². The highest BCUT2D eigenvalue weighted by Crippen LogP contribution is 2.36. The van der Waals surface area contributed by atoms with Crippen molar-refractivity contribution in [3.8, 4) is 11.3 Å². The first-order chi connectivity index (χ1) is 17.6. The van der Waals surface area contributed by atoms with Crippen LogP contribution in [0.3, 0.4) is 0 Å². The number of carbonyl (C=O) groups excluding carboxylic acids is 2. The maximum atomic E-state index is 14.0. The summed E-state index contributed by atoms with van der Waals surface area (Å²) in [7, 11) is 1.76. The van der Waals surface area contributed by atoms with Crippen molar-refractivity contribution in [3.63, 3.8) is 0 Å². The predicted molar refractivity (Wildman–Crippen MR) is 140 cm³/mol. The van der Waals surface area contributed by atoms with Gasteiger partial charge < -0.3 is 20.5 Å². The number of rotatable bonds is 7. The lowest BCUT2D eigenvalue weighted by Crippen LogP contribution is -2.55. The molecule has 2 aliphatic rings. The van der Waals surface area contributed by atoms with Gasteiger partial charge in [0.05, 0.1) is 28.8 Å². The van der Waals surface area contributed by atoms with Gasteiger partial charge in [0.25, 0.3) is 0 Å². The largest absolute Gasteiger partial charge is 0.354 e. The molecular formula is C28H36N6O2. The molecule has 1 aliphatic heterocycles. The molecule has 190 valence electrons. The van der Waals surface area contributed by atoms with Gasteiger partial charge in [-0.15, -0.1) is 0 Å². The van der Waals surface area contributed by atoms with E-state index < -0.39 is 6.04 Å². The summed E-state index contributed by atoms with van der Waals surface area (Å²) in [6.45, 7) is 2.52. The Labute approximate surface area is 212 Å². The minimum absolute atomic E-state index is 0.0362. The van der Waals surface area contributed by atoms with Gasteiger partial charge in [0.2, 0.25) is 11.8 Å². The van der Waals surface area contributed by atoms with Crippen LogP contribution in [-0.2, 0) is 9.59 Å². The van der Waals surface area contributed by atoms with Crippen molar-refractivity contribution in [2.24, 2.45) is 5.92 Å². The second kappa shape index (κ2) is 10.8. The first-order valence-electron chi connectivity index (χ1n) is 13.2. The minimum atomic E-state index is -0.488. The van der Waals surface area contributed by atoms with Crippen LogP contribution >= 0.6 is 0 Å². The van der Waals surface area contributed by atoms with Crippen molar-refractivity contribution in [2.45, 2.75) is 70.0 Å². The highest BCUT2D eigenvalue weighted by Gasteiger charge is 2.39. The van der Waals surface area contributed by atoms with E-state index in [9.17, 15) is 9.59 Å². The molecule has 2 amide bonds. The van der Waals surface area contributed by atoms with E-state index >= 15 is 0 Å². The Morgan fingerprint density at radius 1 is 1.06 bits per heavy atom. The van der Waals surface area contributed by atoms with E-state index in [0.29, 0.717) is 6.54 Å². The predicted octanol–water partition coefficient (Wildman–Crippen LogP) is 3.96. The molecule has 0 radical (unpaired) electrons. The monoisotopic (exact) mass is 488 g/mol. The molecular weight excluding hydrogens is 452 g/mol. The molecule has 3 unspecified atom stereocenters. The molecule has 3 atom stereocenters. The Bertz CT molecular complexity index is 1200. The summed E-state index contributed by atoms with van der Waals surface area (Å²) in [5, 5.41) is 6.11. The number of nitrogens with zero attached hydrogens (tertiary/aromatic N) is 3. The number of aromatic nitrogens is 3. The fourth-order valence-electron chi connectivity index (χ4n) is 5.74. The molecule has 8 nitrogen and oxygen atoms in total. The van der Waals surface area contributed by atoms with Crippen LogP contribution in [-0.4, -0.2) is 57.3 Å². The molecule has 2 fully saturated rings. The van der Waals surface area contributed by atoms with Crippen LogP contribution in [0.4, 0.5) is 0 Å². The van der Waals surface area contributed by atoms with Crippen molar-refractivity contribution in [1.29, 1.82) is 0 Å². The molecule has 1 aliphatic carbocycles. The van der Waals surface area contributed by atoms with Gasteiger partial charge in [0.15, 0.2) is 0 Å². The number of H-pyrrole nitrogens is 1. The summed E-state index contributed by atoms with van der Waals surface area (Å²) >= 11 is 0. The van der Waals surface area contributed by atoms with Gasteiger partial charge in [-0.2, -0.15) is 0 Å². The third kappa shape index (κ3) is 4.87. The number of amides is 2. The van der Waals surface area contributed by atoms with Gasteiger partial charge in [-0.3, -0.25) is 9.59 Å². The SMILES string of the molecule is CNC(C)C(=O)NC(C(=O)N1CCCC1c1cc2ncnc(-c3ccccc3)c2[nH]1)C1CCCCC1. The zero-order valence-electron chi connectivity index (χ0n) is 21.2. The Kier molecular flexibility index (Phi) is 7.32. The van der Waals surface area contributed by atoms with E-state index in [1.807, 2.05) is 42.2 Å². The number of hydrogen-bond donors (Lipinski definition) is 3. The summed E-state index contributed by atoms with van der Waals surface area (Å²) in [5.41, 5.74) is 4.59. The van der Waals surface area contributed by atoms with Crippen molar-refractivity contribution in [3.05, 3.63) is 48.4 Å². The van der Waals surface area contributed by atoms with Gasteiger partial charge in [-0.25, -0.2) is 9.97 Å². The highest BCUT2D eigenvalue weighted by atomic mass is 16.2. The molecule has 1 saturated heterocycles. The number of aromatic amines is 1. The lowest BCUT2D eigenvalue weighted by molar-refractivity contribution is -0.139. The van der Waals surface area contributed by atoms with Crippen molar-refractivity contribution >= 4 is 22.8 Å². The zero-order valence-corrected chi connectivity index (χ0v) is 21.2. The summed E-state index contributed by atoms with van der Waals surface area (Å²) in [6, 6.07) is 11.2. The number of carbonyl (C=O) groups is 2. The van der Waals surface area contributed by atoms with E-state index in [-0.39, 0.29) is 29.8 Å². The Balaban J connectivity index is 1.44. The summed E-state index contributed by atoms with van der Waals surface area (Å²) < 4.78 is 0. The molecule has 36 heavy (non-hydrogen) atoms. The molecule has 3 aromatic rings. The van der Waals surface area contributed by atoms with E-state index in [1.165, 1.54) is 6.42 Å². The van der Waals surface area contributed by atoms with E-state index in [2.05, 4.69) is 31.7 Å². The van der Waals surface area contributed by atoms with Crippen LogP contribution in [0.15, 0.2) is 42.7 Å². The highest BCUT2D eigenvalue weighted by molar-refractivity contribution is 5.91. The van der Waals surface area contributed by atoms with Crippen molar-refractivity contribution < 1.29 is 9.59 Å². The van der Waals surface area contributed by atoms with Gasteiger partial charge >= 0.3 is 0 Å². The second-order valence-electron chi connectivity index (χ2n) is 10.2. The fourth-order valence-corrected chi connectivity index (χ4v) is 5.74. The van der Waals surface area contributed by atoms with E-state index in [1.54, 1.807) is 13.4 Å². The average Bonchev–Trinajstić information content (AvgIpc) is 3.59. The molecule has 3 N–H and O–H groups in total. The van der Waals surface area contributed by atoms with Crippen LogP contribution in [0, 0.1) is 5.92 Å². The first-order valence-corrected chi connectivity index (χ1v) is 13.2. The molecule has 8 heteroatoms. The third-order valence-electron chi connectivity index (χ3n) is 7.89. The first kappa shape index (κ1) is 24.4. The van der Waals surface area contributed by atoms with Crippen molar-refractivity contribution in [2.75, 3.05) is 13.6 Å². The van der Waals surface area contributed by atoms with Crippen molar-refractivity contribution in [1.82, 2.24) is 30.5 Å². The summed E-state index contributed by atoms with van der Waals surface area (Å²) in [5.74, 6) is 0.0957. The minimum Gasteiger partial charge on any atom is -0.354 e. The average molecular weight is 489 g/mol. The smallest absolute Gasteiger partial charge is 0.246 e. The third-order valence-corrected chi connectivity index (χ3v) is 7.89. The second-order valence-corrected chi connectivity index (χ2v) is 10.2. The molecule has 3 heterocycles. The van der Waals surface area contributed by atoms with Crippen LogP contribution in [0.2, 0.25) is 0 Å². The topological polar surface area (TPSA) is 103 Å². The van der Waals surface area contributed by atoms with Crippen LogP contribution in [0.1, 0.15) is 63.6 Å². The van der Waals surface area contributed by atoms with Crippen LogP contribution < -0.4 is 10.6 Å². The number of likely N-dealkylation sites (N-methyl/N-ethyl adjacent to an activating group) is 1. The Hall–Kier alpha value is -3.26. The number of nitrogens with one attached hydrogen (secondary N) is 3. The zero-order chi connectivity index (χ0) is 25.1. The van der Waals surface area contributed by atoms with E-state index in [0.717, 1.165) is 66.5 Å². The molecule has 0 bridgehead atoms. The normalized spacial score (nSPS) is 20.4. The fraction of sp³-hybridized carbons (Fsp3) is 0.500. The Morgan fingerprint density at radius 3 is 2.58 bits per heavy atom. The quantitative estimate of drug-likeness (QED) is 0.467. The van der Waals surface area contributed by atoms with Gasteiger partial charge in [-0.05, 0) is 51.6 Å². The molecule has 2 aromatic heterocycles. The van der Waals surface area contributed by atoms with Gasteiger partial charge in [0, 0.05) is 17.8 Å².